The Bertz CT molecular complexity index is 1430. The minimum Gasteiger partial charge on any atom is -0.444 e. The lowest BCUT2D eigenvalue weighted by Crippen LogP contribution is -2.51. The highest BCUT2D eigenvalue weighted by atomic mass is 19.1. The second kappa shape index (κ2) is 9.82. The maximum Gasteiger partial charge on any atom is 0.410 e. The Morgan fingerprint density at radius 1 is 1.08 bits per heavy atom. The van der Waals surface area contributed by atoms with E-state index in [1.54, 1.807) is 49.9 Å². The number of halogens is 1. The molecule has 1 aromatic heterocycles. The summed E-state index contributed by atoms with van der Waals surface area (Å²) in [6, 6.07) is 9.37. The molecule has 0 unspecified atom stereocenters. The van der Waals surface area contributed by atoms with E-state index < -0.39 is 23.4 Å². The molecule has 0 spiro atoms. The second-order valence-corrected chi connectivity index (χ2v) is 9.65. The van der Waals surface area contributed by atoms with Gasteiger partial charge in [-0.3, -0.25) is 9.59 Å². The summed E-state index contributed by atoms with van der Waals surface area (Å²) in [5, 5.41) is 7.70. The third-order valence-corrected chi connectivity index (χ3v) is 5.89. The van der Waals surface area contributed by atoms with E-state index in [1.165, 1.54) is 17.0 Å². The minimum absolute atomic E-state index is 0.0590. The molecule has 0 bridgehead atoms. The van der Waals surface area contributed by atoms with Crippen molar-refractivity contribution in [2.24, 2.45) is 0 Å². The Balaban J connectivity index is 1.52. The number of carbonyl (C=O) groups excluding carboxylic acids is 2. The van der Waals surface area contributed by atoms with E-state index in [4.69, 9.17) is 11.2 Å². The van der Waals surface area contributed by atoms with Crippen LogP contribution in [0.5, 0.6) is 0 Å². The number of aromatic nitrogens is 2. The second-order valence-electron chi connectivity index (χ2n) is 9.65. The van der Waals surface area contributed by atoms with Gasteiger partial charge in [0.05, 0.1) is 16.6 Å². The molecule has 4 rings (SSSR count). The van der Waals surface area contributed by atoms with Gasteiger partial charge in [0, 0.05) is 43.5 Å². The van der Waals surface area contributed by atoms with Gasteiger partial charge >= 0.3 is 6.09 Å². The van der Waals surface area contributed by atoms with Crippen molar-refractivity contribution >= 4 is 22.8 Å². The van der Waals surface area contributed by atoms with E-state index in [0.717, 1.165) is 0 Å². The summed E-state index contributed by atoms with van der Waals surface area (Å²) in [4.78, 5) is 40.7. The number of amides is 2. The van der Waals surface area contributed by atoms with Crippen molar-refractivity contribution < 1.29 is 18.7 Å². The summed E-state index contributed by atoms with van der Waals surface area (Å²) in [6.07, 6.45) is 5.33. The molecule has 1 fully saturated rings. The van der Waals surface area contributed by atoms with Crippen LogP contribution in [0.3, 0.4) is 0 Å². The van der Waals surface area contributed by atoms with Crippen molar-refractivity contribution in [3.05, 3.63) is 75.0 Å². The van der Waals surface area contributed by atoms with E-state index in [9.17, 15) is 18.8 Å². The number of fused-ring (bicyclic) bond motifs is 1. The van der Waals surface area contributed by atoms with Crippen LogP contribution in [-0.4, -0.2) is 63.8 Å². The van der Waals surface area contributed by atoms with Crippen LogP contribution in [0.2, 0.25) is 0 Å². The fraction of sp³-hybridized carbons (Fsp3) is 0.333. The van der Waals surface area contributed by atoms with Crippen LogP contribution in [-0.2, 0) is 11.2 Å². The van der Waals surface area contributed by atoms with Crippen molar-refractivity contribution in [1.29, 1.82) is 0 Å². The first kappa shape index (κ1) is 24.9. The van der Waals surface area contributed by atoms with Crippen LogP contribution in [0.4, 0.5) is 9.18 Å². The SMILES string of the molecule is C#Cc1ccc2c(=O)[nH]nc(Cc3ccc(F)c(C(=O)N4CCN(C(=O)OC(C)(C)C)CC4)c3)c2c1. The van der Waals surface area contributed by atoms with Crippen molar-refractivity contribution in [3.8, 4) is 12.3 Å². The smallest absolute Gasteiger partial charge is 0.410 e. The first-order chi connectivity index (χ1) is 17.1. The molecule has 36 heavy (non-hydrogen) atoms. The molecular weight excluding hydrogens is 463 g/mol. The van der Waals surface area contributed by atoms with Crippen LogP contribution in [0.15, 0.2) is 41.2 Å². The van der Waals surface area contributed by atoms with Crippen LogP contribution < -0.4 is 5.56 Å². The summed E-state index contributed by atoms with van der Waals surface area (Å²) < 4.78 is 20.1. The number of carbonyl (C=O) groups is 2. The maximum atomic E-state index is 14.7. The van der Waals surface area contributed by atoms with Gasteiger partial charge in [0.25, 0.3) is 11.5 Å². The number of benzene rings is 2. The summed E-state index contributed by atoms with van der Waals surface area (Å²) in [7, 11) is 0. The average Bonchev–Trinajstić information content (AvgIpc) is 2.85. The van der Waals surface area contributed by atoms with Crippen LogP contribution >= 0.6 is 0 Å². The Morgan fingerprint density at radius 2 is 1.78 bits per heavy atom. The number of piperazine rings is 1. The average molecular weight is 491 g/mol. The minimum atomic E-state index is -0.632. The topological polar surface area (TPSA) is 95.6 Å². The highest BCUT2D eigenvalue weighted by Crippen LogP contribution is 2.21. The third kappa shape index (κ3) is 5.38. The molecule has 2 amide bonds. The molecule has 1 N–H and O–H groups in total. The number of nitrogens with one attached hydrogen (secondary N) is 1. The van der Waals surface area contributed by atoms with Crippen LogP contribution in [0.25, 0.3) is 10.8 Å². The van der Waals surface area contributed by atoms with Gasteiger partial charge in [-0.2, -0.15) is 5.10 Å². The highest BCUT2D eigenvalue weighted by molar-refractivity contribution is 5.95. The molecule has 0 saturated carbocycles. The van der Waals surface area contributed by atoms with Gasteiger partial charge in [-0.1, -0.05) is 12.0 Å². The van der Waals surface area contributed by atoms with E-state index in [-0.39, 0.29) is 30.6 Å². The highest BCUT2D eigenvalue weighted by Gasteiger charge is 2.29. The molecule has 0 radical (unpaired) electrons. The summed E-state index contributed by atoms with van der Waals surface area (Å²) in [6.45, 7) is 6.50. The van der Waals surface area contributed by atoms with Crippen molar-refractivity contribution in [2.45, 2.75) is 32.8 Å². The third-order valence-electron chi connectivity index (χ3n) is 5.89. The zero-order valence-electron chi connectivity index (χ0n) is 20.4. The lowest BCUT2D eigenvalue weighted by Gasteiger charge is -2.35. The standard InChI is InChI=1S/C27H27FN4O4/c1-5-17-6-8-19-20(14-17)23(29-30-24(19)33)16-18-7-9-22(28)21(15-18)25(34)31-10-12-32(13-11-31)26(35)36-27(2,3)4/h1,6-9,14-15H,10-13,16H2,2-4H3,(H,30,33). The van der Waals surface area contributed by atoms with E-state index in [1.807, 2.05) is 0 Å². The molecule has 2 aromatic carbocycles. The number of ether oxygens (including phenoxy) is 1. The summed E-state index contributed by atoms with van der Waals surface area (Å²) in [5.74, 6) is 1.46. The first-order valence-corrected chi connectivity index (χ1v) is 11.6. The van der Waals surface area contributed by atoms with E-state index in [2.05, 4.69) is 16.1 Å². The molecule has 8 nitrogen and oxygen atoms in total. The van der Waals surface area contributed by atoms with Gasteiger partial charge in [-0.25, -0.2) is 14.3 Å². The Hall–Kier alpha value is -4.19. The fourth-order valence-electron chi connectivity index (χ4n) is 4.07. The monoisotopic (exact) mass is 490 g/mol. The molecule has 1 aliphatic heterocycles. The molecule has 9 heteroatoms. The predicted octanol–water partition coefficient (Wildman–Crippen LogP) is 3.33. The normalized spacial score (nSPS) is 14.0. The Morgan fingerprint density at radius 3 is 2.44 bits per heavy atom. The van der Waals surface area contributed by atoms with E-state index in [0.29, 0.717) is 40.7 Å². The molecule has 0 atom stereocenters. The Kier molecular flexibility index (Phi) is 6.80. The van der Waals surface area contributed by atoms with Gasteiger partial charge in [0.2, 0.25) is 0 Å². The zero-order chi connectivity index (χ0) is 26.0. The van der Waals surface area contributed by atoms with Gasteiger partial charge in [-0.15, -0.1) is 6.42 Å². The molecule has 1 aliphatic rings. The number of hydrogen-bond donors (Lipinski definition) is 1. The number of rotatable bonds is 3. The summed E-state index contributed by atoms with van der Waals surface area (Å²) in [5.41, 5.74) is 0.810. The number of H-pyrrole nitrogens is 1. The number of hydrogen-bond acceptors (Lipinski definition) is 5. The number of aromatic amines is 1. The van der Waals surface area contributed by atoms with Gasteiger partial charge in [0.15, 0.2) is 0 Å². The molecule has 2 heterocycles. The van der Waals surface area contributed by atoms with Gasteiger partial charge in [-0.05, 0) is 56.7 Å². The molecule has 0 aliphatic carbocycles. The number of terminal acetylenes is 1. The Labute approximate surface area is 208 Å². The van der Waals surface area contributed by atoms with Crippen molar-refractivity contribution in [3.63, 3.8) is 0 Å². The molecular formula is C27H27FN4O4. The van der Waals surface area contributed by atoms with Crippen LogP contribution in [0, 0.1) is 18.2 Å². The van der Waals surface area contributed by atoms with E-state index >= 15 is 0 Å². The zero-order valence-corrected chi connectivity index (χ0v) is 20.4. The fourth-order valence-corrected chi connectivity index (χ4v) is 4.07. The summed E-state index contributed by atoms with van der Waals surface area (Å²) >= 11 is 0. The van der Waals surface area contributed by atoms with Crippen molar-refractivity contribution in [1.82, 2.24) is 20.0 Å². The molecule has 186 valence electrons. The molecule has 3 aromatic rings. The quantitative estimate of drug-likeness (QED) is 0.569. The lowest BCUT2D eigenvalue weighted by molar-refractivity contribution is 0.0140. The van der Waals surface area contributed by atoms with Gasteiger partial charge in [0.1, 0.15) is 11.4 Å². The number of nitrogens with zero attached hydrogens (tertiary/aromatic N) is 3. The lowest BCUT2D eigenvalue weighted by atomic mass is 10.0. The largest absolute Gasteiger partial charge is 0.444 e. The van der Waals surface area contributed by atoms with Crippen molar-refractivity contribution in [2.75, 3.05) is 26.2 Å². The van der Waals surface area contributed by atoms with Crippen LogP contribution in [0.1, 0.15) is 48.0 Å². The maximum absolute atomic E-state index is 14.7. The first-order valence-electron chi connectivity index (χ1n) is 11.6. The van der Waals surface area contributed by atoms with Gasteiger partial charge < -0.3 is 14.5 Å². The molecule has 1 saturated heterocycles. The predicted molar refractivity (Wildman–Crippen MR) is 133 cm³/mol.